The van der Waals surface area contributed by atoms with Crippen LogP contribution in [0.3, 0.4) is 0 Å². The summed E-state index contributed by atoms with van der Waals surface area (Å²) in [5.41, 5.74) is 1.89. The summed E-state index contributed by atoms with van der Waals surface area (Å²) in [6.45, 7) is 11.7. The molecule has 1 aromatic carbocycles. The summed E-state index contributed by atoms with van der Waals surface area (Å²) in [5.74, 6) is 0.569. The van der Waals surface area contributed by atoms with Crippen LogP contribution < -0.4 is 10.1 Å². The van der Waals surface area contributed by atoms with Crippen molar-refractivity contribution >= 4 is 5.69 Å². The summed E-state index contributed by atoms with van der Waals surface area (Å²) in [7, 11) is 0. The molecule has 0 spiro atoms. The van der Waals surface area contributed by atoms with Gasteiger partial charge in [0.2, 0.25) is 6.86 Å². The molecule has 3 heteroatoms. The fourth-order valence-electron chi connectivity index (χ4n) is 1.67. The Bertz CT molecular complexity index is 402. The molecule has 1 aromatic rings. The first-order valence-electron chi connectivity index (χ1n) is 6.25. The zero-order chi connectivity index (χ0) is 14.0. The van der Waals surface area contributed by atoms with Crippen LogP contribution in [0.25, 0.3) is 0 Å². The van der Waals surface area contributed by atoms with Crippen molar-refractivity contribution in [2.45, 2.75) is 52.5 Å². The molecule has 0 atom stereocenters. The second-order valence-corrected chi connectivity index (χ2v) is 6.59. The maximum absolute atomic E-state index is 12.5. The monoisotopic (exact) mass is 253 g/mol. The summed E-state index contributed by atoms with van der Waals surface area (Å²) >= 11 is 0. The van der Waals surface area contributed by atoms with E-state index in [1.54, 1.807) is 0 Å². The molecule has 0 aromatic heterocycles. The van der Waals surface area contributed by atoms with Gasteiger partial charge in [-0.25, -0.2) is 4.39 Å². The van der Waals surface area contributed by atoms with Crippen LogP contribution in [-0.4, -0.2) is 12.4 Å². The van der Waals surface area contributed by atoms with E-state index in [4.69, 9.17) is 4.74 Å². The van der Waals surface area contributed by atoms with Gasteiger partial charge in [-0.2, -0.15) is 0 Å². The average Bonchev–Trinajstić information content (AvgIpc) is 2.17. The zero-order valence-corrected chi connectivity index (χ0v) is 12.2. The lowest BCUT2D eigenvalue weighted by Crippen LogP contribution is -2.26. The number of ether oxygens (including phenoxy) is 1. The predicted molar refractivity (Wildman–Crippen MR) is 75.1 cm³/mol. The Morgan fingerprint density at radius 1 is 1.11 bits per heavy atom. The third-order valence-corrected chi connectivity index (χ3v) is 2.57. The molecule has 0 saturated carbocycles. The highest BCUT2D eigenvalue weighted by atomic mass is 19.1. The van der Waals surface area contributed by atoms with E-state index in [-0.39, 0.29) is 11.0 Å². The fraction of sp³-hybridized carbons (Fsp3) is 0.600. The molecule has 0 unspecified atom stereocenters. The lowest BCUT2D eigenvalue weighted by molar-refractivity contribution is 0.192. The Balaban J connectivity index is 3.12. The highest BCUT2D eigenvalue weighted by Crippen LogP contribution is 2.33. The van der Waals surface area contributed by atoms with E-state index in [9.17, 15) is 4.39 Å². The third-order valence-electron chi connectivity index (χ3n) is 2.57. The minimum atomic E-state index is -0.813. The van der Waals surface area contributed by atoms with Crippen LogP contribution in [-0.2, 0) is 5.41 Å². The Morgan fingerprint density at radius 3 is 2.17 bits per heavy atom. The minimum Gasteiger partial charge on any atom is -0.461 e. The highest BCUT2D eigenvalue weighted by molar-refractivity contribution is 5.59. The fourth-order valence-corrected chi connectivity index (χ4v) is 1.67. The molecule has 0 saturated heterocycles. The van der Waals surface area contributed by atoms with Crippen LogP contribution in [0.4, 0.5) is 10.1 Å². The van der Waals surface area contributed by atoms with Crippen LogP contribution >= 0.6 is 0 Å². The third kappa shape index (κ3) is 4.21. The van der Waals surface area contributed by atoms with Crippen molar-refractivity contribution in [3.63, 3.8) is 0 Å². The quantitative estimate of drug-likeness (QED) is 0.856. The molecule has 0 radical (unpaired) electrons. The Hall–Kier alpha value is -1.25. The Labute approximate surface area is 110 Å². The smallest absolute Gasteiger partial charge is 0.228 e. The van der Waals surface area contributed by atoms with Crippen LogP contribution in [0, 0.1) is 0 Å². The first-order chi connectivity index (χ1) is 8.13. The largest absolute Gasteiger partial charge is 0.461 e. The number of hydrogen-bond acceptors (Lipinski definition) is 2. The number of halogens is 1. The molecular weight excluding hydrogens is 229 g/mol. The van der Waals surface area contributed by atoms with E-state index in [1.165, 1.54) is 0 Å². The van der Waals surface area contributed by atoms with Gasteiger partial charge in [0.15, 0.2) is 0 Å². The van der Waals surface area contributed by atoms with Gasteiger partial charge < -0.3 is 10.1 Å². The number of nitrogens with one attached hydrogen (secondary N) is 1. The normalized spacial score (nSPS) is 12.4. The number of rotatable bonds is 3. The first-order valence-corrected chi connectivity index (χ1v) is 6.25. The molecular formula is C15H24FNO. The molecule has 0 aliphatic heterocycles. The van der Waals surface area contributed by atoms with Gasteiger partial charge in [0, 0.05) is 5.54 Å². The second kappa shape index (κ2) is 5.17. The van der Waals surface area contributed by atoms with Crippen LogP contribution in [0.2, 0.25) is 0 Å². The molecule has 0 amide bonds. The van der Waals surface area contributed by atoms with Crippen molar-refractivity contribution in [2.75, 3.05) is 12.2 Å². The first kappa shape index (κ1) is 14.8. The molecule has 1 N–H and O–H groups in total. The van der Waals surface area contributed by atoms with Gasteiger partial charge in [0.1, 0.15) is 5.75 Å². The summed E-state index contributed by atoms with van der Waals surface area (Å²) < 4.78 is 17.6. The van der Waals surface area contributed by atoms with Gasteiger partial charge in [0.05, 0.1) is 5.69 Å². The van der Waals surface area contributed by atoms with Gasteiger partial charge in [-0.05, 0) is 43.9 Å². The highest BCUT2D eigenvalue weighted by Gasteiger charge is 2.18. The Kier molecular flexibility index (Phi) is 4.25. The van der Waals surface area contributed by atoms with E-state index >= 15 is 0 Å². The van der Waals surface area contributed by atoms with Gasteiger partial charge in [-0.3, -0.25) is 0 Å². The van der Waals surface area contributed by atoms with Crippen molar-refractivity contribution < 1.29 is 9.13 Å². The van der Waals surface area contributed by atoms with Gasteiger partial charge in [-0.1, -0.05) is 26.8 Å². The Morgan fingerprint density at radius 2 is 1.72 bits per heavy atom. The minimum absolute atomic E-state index is 0.0225. The van der Waals surface area contributed by atoms with Crippen molar-refractivity contribution in [1.82, 2.24) is 0 Å². The summed E-state index contributed by atoms with van der Waals surface area (Å²) in [6.07, 6.45) is 0. The van der Waals surface area contributed by atoms with E-state index in [0.29, 0.717) is 5.75 Å². The molecule has 0 heterocycles. The summed E-state index contributed by atoms with van der Waals surface area (Å²) in [4.78, 5) is 0. The zero-order valence-electron chi connectivity index (χ0n) is 12.2. The lowest BCUT2D eigenvalue weighted by atomic mass is 9.87. The van der Waals surface area contributed by atoms with Crippen molar-refractivity contribution in [2.24, 2.45) is 0 Å². The molecule has 18 heavy (non-hydrogen) atoms. The van der Waals surface area contributed by atoms with Crippen LogP contribution in [0.5, 0.6) is 5.75 Å². The standard InChI is InChI=1S/C15H24FNO/c1-14(2,3)11-7-8-12(17-15(4,5)6)13(9-11)18-10-16/h7-9,17H,10H2,1-6H3. The molecule has 2 nitrogen and oxygen atoms in total. The molecule has 0 fully saturated rings. The number of alkyl halides is 1. The SMILES string of the molecule is CC(C)(C)Nc1ccc(C(C)(C)C)cc1OCF. The maximum atomic E-state index is 12.5. The topological polar surface area (TPSA) is 21.3 Å². The molecule has 0 bridgehead atoms. The molecule has 102 valence electrons. The van der Waals surface area contributed by atoms with Crippen molar-refractivity contribution in [3.8, 4) is 5.75 Å². The maximum Gasteiger partial charge on any atom is 0.228 e. The van der Waals surface area contributed by atoms with Gasteiger partial charge >= 0.3 is 0 Å². The summed E-state index contributed by atoms with van der Waals surface area (Å²) in [5, 5.41) is 3.32. The van der Waals surface area contributed by atoms with E-state index in [1.807, 2.05) is 12.1 Å². The van der Waals surface area contributed by atoms with Crippen LogP contribution in [0.1, 0.15) is 47.1 Å². The second-order valence-electron chi connectivity index (χ2n) is 6.59. The molecule has 0 aliphatic rings. The molecule has 1 rings (SSSR count). The van der Waals surface area contributed by atoms with Crippen molar-refractivity contribution in [3.05, 3.63) is 23.8 Å². The summed E-state index contributed by atoms with van der Waals surface area (Å²) in [6, 6.07) is 5.92. The predicted octanol–water partition coefficient (Wildman–Crippen LogP) is 4.50. The van der Waals surface area contributed by atoms with E-state index in [2.05, 4.69) is 52.9 Å². The number of hydrogen-bond donors (Lipinski definition) is 1. The lowest BCUT2D eigenvalue weighted by Gasteiger charge is -2.26. The van der Waals surface area contributed by atoms with Gasteiger partial charge in [-0.15, -0.1) is 0 Å². The van der Waals surface area contributed by atoms with E-state index in [0.717, 1.165) is 11.3 Å². The number of benzene rings is 1. The molecule has 0 aliphatic carbocycles. The van der Waals surface area contributed by atoms with Crippen LogP contribution in [0.15, 0.2) is 18.2 Å². The average molecular weight is 253 g/mol. The van der Waals surface area contributed by atoms with E-state index < -0.39 is 6.86 Å². The van der Waals surface area contributed by atoms with Crippen molar-refractivity contribution in [1.29, 1.82) is 0 Å². The van der Waals surface area contributed by atoms with Gasteiger partial charge in [0.25, 0.3) is 0 Å². The number of anilines is 1.